The van der Waals surface area contributed by atoms with Gasteiger partial charge in [-0.3, -0.25) is 0 Å². The van der Waals surface area contributed by atoms with E-state index in [0.29, 0.717) is 27.7 Å². The molecule has 0 N–H and O–H groups in total. The topological polar surface area (TPSA) is 22.1 Å². The van der Waals surface area contributed by atoms with Crippen LogP contribution in [0.3, 0.4) is 0 Å². The van der Waals surface area contributed by atoms with Gasteiger partial charge in [-0.05, 0) is 36.8 Å². The quantitative estimate of drug-likeness (QED) is 0.750. The van der Waals surface area contributed by atoms with Gasteiger partial charge in [0.25, 0.3) is 0 Å². The molecule has 2 rings (SSSR count). The summed E-state index contributed by atoms with van der Waals surface area (Å²) in [7, 11) is 0. The highest BCUT2D eigenvalue weighted by Gasteiger charge is 2.06. The monoisotopic (exact) mass is 301 g/mol. The summed E-state index contributed by atoms with van der Waals surface area (Å²) in [6, 6.07) is 9.05. The van der Waals surface area contributed by atoms with Crippen LogP contribution in [0.2, 0.25) is 15.3 Å². The second kappa shape index (κ2) is 5.79. The molecule has 0 aliphatic carbocycles. The van der Waals surface area contributed by atoms with Crippen molar-refractivity contribution in [3.05, 3.63) is 56.8 Å². The largest absolute Gasteiger partial charge is 0.487 e. The Morgan fingerprint density at radius 3 is 2.61 bits per heavy atom. The number of hydrogen-bond acceptors (Lipinski definition) is 2. The van der Waals surface area contributed by atoms with Crippen LogP contribution in [0.5, 0.6) is 5.75 Å². The molecule has 0 saturated heterocycles. The summed E-state index contributed by atoms with van der Waals surface area (Å²) < 4.78 is 5.62. The predicted molar refractivity (Wildman–Crippen MR) is 74.8 cm³/mol. The molecule has 1 heterocycles. The summed E-state index contributed by atoms with van der Waals surface area (Å²) >= 11 is 17.7. The minimum Gasteiger partial charge on any atom is -0.487 e. The number of nitrogens with zero attached hydrogens (tertiary/aromatic N) is 1. The Morgan fingerprint density at radius 2 is 1.89 bits per heavy atom. The first-order chi connectivity index (χ1) is 8.56. The van der Waals surface area contributed by atoms with E-state index in [4.69, 9.17) is 39.5 Å². The molecular formula is C13H10Cl3NO. The SMILES string of the molecule is Cc1ccc(Cl)c(OCc2ccc(Cl)nc2Cl)c1. The molecule has 0 spiro atoms. The molecular weight excluding hydrogens is 293 g/mol. The zero-order valence-corrected chi connectivity index (χ0v) is 11.9. The van der Waals surface area contributed by atoms with E-state index in [-0.39, 0.29) is 0 Å². The average Bonchev–Trinajstić information content (AvgIpc) is 2.32. The molecule has 5 heteroatoms. The van der Waals surface area contributed by atoms with Gasteiger partial charge in [0.15, 0.2) is 0 Å². The molecule has 0 radical (unpaired) electrons. The molecule has 0 amide bonds. The van der Waals surface area contributed by atoms with Gasteiger partial charge >= 0.3 is 0 Å². The number of halogens is 3. The lowest BCUT2D eigenvalue weighted by molar-refractivity contribution is 0.306. The molecule has 0 saturated carbocycles. The second-order valence-electron chi connectivity index (χ2n) is 3.81. The Morgan fingerprint density at radius 1 is 1.11 bits per heavy atom. The van der Waals surface area contributed by atoms with Crippen molar-refractivity contribution < 1.29 is 4.74 Å². The van der Waals surface area contributed by atoms with Gasteiger partial charge in [-0.15, -0.1) is 0 Å². The summed E-state index contributed by atoms with van der Waals surface area (Å²) in [5, 5.41) is 1.27. The Hall–Kier alpha value is -0.960. The molecule has 1 aromatic heterocycles. The fourth-order valence-electron chi connectivity index (χ4n) is 1.43. The standard InChI is InChI=1S/C13H10Cl3NO/c1-8-2-4-10(14)11(6-8)18-7-9-3-5-12(15)17-13(9)16/h2-6H,7H2,1H3. The van der Waals surface area contributed by atoms with Gasteiger partial charge in [0.1, 0.15) is 22.7 Å². The third-order valence-electron chi connectivity index (χ3n) is 2.36. The van der Waals surface area contributed by atoms with E-state index >= 15 is 0 Å². The average molecular weight is 303 g/mol. The van der Waals surface area contributed by atoms with Crippen molar-refractivity contribution in [1.82, 2.24) is 4.98 Å². The summed E-state index contributed by atoms with van der Waals surface area (Å²) in [6.07, 6.45) is 0. The van der Waals surface area contributed by atoms with Crippen molar-refractivity contribution >= 4 is 34.8 Å². The number of benzene rings is 1. The zero-order chi connectivity index (χ0) is 13.1. The zero-order valence-electron chi connectivity index (χ0n) is 9.58. The highest BCUT2D eigenvalue weighted by atomic mass is 35.5. The molecule has 0 bridgehead atoms. The summed E-state index contributed by atoms with van der Waals surface area (Å²) in [5.74, 6) is 0.627. The maximum atomic E-state index is 6.03. The van der Waals surface area contributed by atoms with Crippen molar-refractivity contribution in [2.24, 2.45) is 0 Å². The molecule has 0 aliphatic heterocycles. The van der Waals surface area contributed by atoms with Crippen LogP contribution in [0.4, 0.5) is 0 Å². The van der Waals surface area contributed by atoms with Gasteiger partial charge in [-0.2, -0.15) is 0 Å². The van der Waals surface area contributed by atoms with Gasteiger partial charge in [0.05, 0.1) is 5.02 Å². The molecule has 0 fully saturated rings. The first-order valence-corrected chi connectivity index (χ1v) is 6.39. The summed E-state index contributed by atoms with van der Waals surface area (Å²) in [6.45, 7) is 2.27. The number of aromatic nitrogens is 1. The number of ether oxygens (including phenoxy) is 1. The molecule has 2 nitrogen and oxygen atoms in total. The van der Waals surface area contributed by atoms with Crippen LogP contribution in [0.1, 0.15) is 11.1 Å². The van der Waals surface area contributed by atoms with E-state index < -0.39 is 0 Å². The van der Waals surface area contributed by atoms with Crippen molar-refractivity contribution in [3.63, 3.8) is 0 Å². The van der Waals surface area contributed by atoms with Crippen LogP contribution < -0.4 is 4.74 Å². The van der Waals surface area contributed by atoms with E-state index in [9.17, 15) is 0 Å². The number of aryl methyl sites for hydroxylation is 1. The highest BCUT2D eigenvalue weighted by Crippen LogP contribution is 2.27. The second-order valence-corrected chi connectivity index (χ2v) is 4.96. The van der Waals surface area contributed by atoms with E-state index in [0.717, 1.165) is 11.1 Å². The van der Waals surface area contributed by atoms with Crippen molar-refractivity contribution in [2.75, 3.05) is 0 Å². The minimum atomic E-state index is 0.298. The molecule has 0 aliphatic rings. The Labute approximate surface area is 120 Å². The van der Waals surface area contributed by atoms with E-state index in [1.807, 2.05) is 19.1 Å². The smallest absolute Gasteiger partial charge is 0.138 e. The van der Waals surface area contributed by atoms with Gasteiger partial charge in [0, 0.05) is 5.56 Å². The fourth-order valence-corrected chi connectivity index (χ4v) is 2.00. The van der Waals surface area contributed by atoms with Crippen molar-refractivity contribution in [3.8, 4) is 5.75 Å². The number of pyridine rings is 1. The van der Waals surface area contributed by atoms with Crippen LogP contribution in [0.25, 0.3) is 0 Å². The highest BCUT2D eigenvalue weighted by molar-refractivity contribution is 6.33. The third kappa shape index (κ3) is 3.29. The lowest BCUT2D eigenvalue weighted by Crippen LogP contribution is -1.98. The van der Waals surface area contributed by atoms with Gasteiger partial charge in [0.2, 0.25) is 0 Å². The molecule has 18 heavy (non-hydrogen) atoms. The third-order valence-corrected chi connectivity index (χ3v) is 3.21. The molecule has 2 aromatic rings. The van der Waals surface area contributed by atoms with Crippen LogP contribution in [0.15, 0.2) is 30.3 Å². The molecule has 0 atom stereocenters. The Kier molecular flexibility index (Phi) is 4.33. The van der Waals surface area contributed by atoms with Gasteiger partial charge < -0.3 is 4.74 Å². The molecule has 94 valence electrons. The lowest BCUT2D eigenvalue weighted by Gasteiger charge is -2.09. The fraction of sp³-hybridized carbons (Fsp3) is 0.154. The van der Waals surface area contributed by atoms with Crippen molar-refractivity contribution in [1.29, 1.82) is 0 Å². The maximum absolute atomic E-state index is 6.03. The van der Waals surface area contributed by atoms with Gasteiger partial charge in [-0.25, -0.2) is 4.98 Å². The minimum absolute atomic E-state index is 0.298. The van der Waals surface area contributed by atoms with E-state index in [2.05, 4.69) is 4.98 Å². The summed E-state index contributed by atoms with van der Waals surface area (Å²) in [5.41, 5.74) is 1.84. The van der Waals surface area contributed by atoms with Crippen LogP contribution in [0, 0.1) is 6.92 Å². The van der Waals surface area contributed by atoms with Crippen LogP contribution >= 0.6 is 34.8 Å². The first-order valence-electron chi connectivity index (χ1n) is 5.26. The summed E-state index contributed by atoms with van der Waals surface area (Å²) in [4.78, 5) is 3.94. The number of hydrogen-bond donors (Lipinski definition) is 0. The number of rotatable bonds is 3. The van der Waals surface area contributed by atoms with Crippen molar-refractivity contribution in [2.45, 2.75) is 13.5 Å². The maximum Gasteiger partial charge on any atom is 0.138 e. The van der Waals surface area contributed by atoms with Gasteiger partial charge in [-0.1, -0.05) is 40.9 Å². The predicted octanol–water partition coefficient (Wildman–Crippen LogP) is 4.93. The normalized spacial score (nSPS) is 10.4. The molecule has 1 aromatic carbocycles. The van der Waals surface area contributed by atoms with Crippen LogP contribution in [-0.4, -0.2) is 4.98 Å². The first kappa shape index (κ1) is 13.5. The van der Waals surface area contributed by atoms with E-state index in [1.54, 1.807) is 18.2 Å². The lowest BCUT2D eigenvalue weighted by atomic mass is 10.2. The van der Waals surface area contributed by atoms with E-state index in [1.165, 1.54) is 0 Å². The Balaban J connectivity index is 2.13. The van der Waals surface area contributed by atoms with Crippen LogP contribution in [-0.2, 0) is 6.61 Å². The Bertz CT molecular complexity index is 572. The molecule has 0 unspecified atom stereocenters.